The van der Waals surface area contributed by atoms with Gasteiger partial charge in [-0.2, -0.15) is 0 Å². The number of carbonyl (C=O) groups excluding carboxylic acids is 2. The second kappa shape index (κ2) is 8.43. The zero-order chi connectivity index (χ0) is 20.4. The standard InChI is InChI=1S/C22H30N4O3/c1-2-23-20(27)14-17-9-5-6-12-25(17)21(28)15-10-11-19-18(13-15)24-22(29)26(19)16-7-3-4-8-16/h10-11,13,16-17H,2-9,12,14H2,1H3,(H,23,27)(H,24,29). The van der Waals surface area contributed by atoms with E-state index in [1.54, 1.807) is 6.07 Å². The Bertz CT molecular complexity index is 955. The highest BCUT2D eigenvalue weighted by Crippen LogP contribution is 2.31. The Morgan fingerprint density at radius 1 is 1.14 bits per heavy atom. The number of amides is 2. The fraction of sp³-hybridized carbons (Fsp3) is 0.591. The van der Waals surface area contributed by atoms with Gasteiger partial charge in [-0.1, -0.05) is 12.8 Å². The van der Waals surface area contributed by atoms with Gasteiger partial charge in [0.2, 0.25) is 5.91 Å². The first-order valence-corrected chi connectivity index (χ1v) is 10.9. The first kappa shape index (κ1) is 19.7. The van der Waals surface area contributed by atoms with Gasteiger partial charge >= 0.3 is 5.69 Å². The van der Waals surface area contributed by atoms with Gasteiger partial charge in [0.1, 0.15) is 0 Å². The summed E-state index contributed by atoms with van der Waals surface area (Å²) in [5, 5.41) is 2.83. The summed E-state index contributed by atoms with van der Waals surface area (Å²) in [7, 11) is 0. The van der Waals surface area contributed by atoms with Crippen molar-refractivity contribution >= 4 is 22.8 Å². The maximum absolute atomic E-state index is 13.2. The molecule has 2 fully saturated rings. The van der Waals surface area contributed by atoms with E-state index in [0.29, 0.717) is 30.6 Å². The molecule has 1 aromatic carbocycles. The van der Waals surface area contributed by atoms with Crippen molar-refractivity contribution in [1.82, 2.24) is 19.8 Å². The first-order chi connectivity index (χ1) is 14.1. The topological polar surface area (TPSA) is 87.2 Å². The molecule has 2 amide bonds. The molecule has 2 heterocycles. The van der Waals surface area contributed by atoms with Crippen molar-refractivity contribution in [2.45, 2.75) is 70.4 Å². The van der Waals surface area contributed by atoms with E-state index in [2.05, 4.69) is 10.3 Å². The van der Waals surface area contributed by atoms with E-state index in [-0.39, 0.29) is 29.6 Å². The van der Waals surface area contributed by atoms with Crippen LogP contribution in [0.25, 0.3) is 11.0 Å². The fourth-order valence-corrected chi connectivity index (χ4v) is 4.92. The number of H-pyrrole nitrogens is 1. The van der Waals surface area contributed by atoms with E-state index < -0.39 is 0 Å². The SMILES string of the molecule is CCNC(=O)CC1CCCCN1C(=O)c1ccc2c(c1)[nH]c(=O)n2C1CCCC1. The van der Waals surface area contributed by atoms with Crippen LogP contribution in [-0.4, -0.2) is 45.4 Å². The van der Waals surface area contributed by atoms with Crippen LogP contribution in [0.4, 0.5) is 0 Å². The van der Waals surface area contributed by atoms with Crippen molar-refractivity contribution in [2.24, 2.45) is 0 Å². The summed E-state index contributed by atoms with van der Waals surface area (Å²) in [4.78, 5) is 42.6. The number of aromatic nitrogens is 2. The molecule has 7 nitrogen and oxygen atoms in total. The minimum absolute atomic E-state index is 0.00868. The Hall–Kier alpha value is -2.57. The molecule has 156 valence electrons. The van der Waals surface area contributed by atoms with Crippen molar-refractivity contribution in [3.8, 4) is 0 Å². The van der Waals surface area contributed by atoms with E-state index in [1.807, 2.05) is 28.5 Å². The number of fused-ring (bicyclic) bond motifs is 1. The van der Waals surface area contributed by atoms with Gasteiger partial charge in [0.15, 0.2) is 0 Å². The monoisotopic (exact) mass is 398 g/mol. The molecule has 1 aromatic heterocycles. The summed E-state index contributed by atoms with van der Waals surface area (Å²) in [5.41, 5.74) is 2.06. The van der Waals surface area contributed by atoms with Crippen LogP contribution in [0.15, 0.2) is 23.0 Å². The molecule has 2 aliphatic rings. The Balaban J connectivity index is 1.59. The molecule has 0 bridgehead atoms. The average molecular weight is 399 g/mol. The predicted octanol–water partition coefficient (Wildman–Crippen LogP) is 2.97. The minimum Gasteiger partial charge on any atom is -0.356 e. The summed E-state index contributed by atoms with van der Waals surface area (Å²) >= 11 is 0. The van der Waals surface area contributed by atoms with Crippen molar-refractivity contribution in [3.63, 3.8) is 0 Å². The Kier molecular flexibility index (Phi) is 5.74. The third kappa shape index (κ3) is 3.95. The number of carbonyl (C=O) groups is 2. The normalized spacial score (nSPS) is 20.3. The molecule has 2 N–H and O–H groups in total. The summed E-state index contributed by atoms with van der Waals surface area (Å²) in [6, 6.07) is 5.69. The van der Waals surface area contributed by atoms with E-state index in [0.717, 1.165) is 50.5 Å². The molecule has 1 aliphatic carbocycles. The van der Waals surface area contributed by atoms with Gasteiger partial charge in [-0.3, -0.25) is 14.2 Å². The molecule has 1 atom stereocenters. The third-order valence-corrected chi connectivity index (χ3v) is 6.34. The average Bonchev–Trinajstić information content (AvgIpc) is 3.34. The molecule has 2 aromatic rings. The van der Waals surface area contributed by atoms with Gasteiger partial charge in [0.25, 0.3) is 5.91 Å². The van der Waals surface area contributed by atoms with Crippen LogP contribution in [0.2, 0.25) is 0 Å². The number of aromatic amines is 1. The number of likely N-dealkylation sites (tertiary alicyclic amines) is 1. The molecular formula is C22H30N4O3. The highest BCUT2D eigenvalue weighted by molar-refractivity contribution is 5.98. The third-order valence-electron chi connectivity index (χ3n) is 6.34. The quantitative estimate of drug-likeness (QED) is 0.812. The zero-order valence-corrected chi connectivity index (χ0v) is 17.1. The summed E-state index contributed by atoms with van der Waals surface area (Å²) in [6.45, 7) is 3.16. The molecule has 1 unspecified atom stereocenters. The second-order valence-corrected chi connectivity index (χ2v) is 8.28. The molecule has 7 heteroatoms. The highest BCUT2D eigenvalue weighted by atomic mass is 16.2. The maximum Gasteiger partial charge on any atom is 0.326 e. The van der Waals surface area contributed by atoms with Crippen molar-refractivity contribution < 1.29 is 9.59 Å². The Morgan fingerprint density at radius 3 is 2.66 bits per heavy atom. The van der Waals surface area contributed by atoms with Crippen LogP contribution in [0.5, 0.6) is 0 Å². The summed E-state index contributed by atoms with van der Waals surface area (Å²) < 4.78 is 1.86. The lowest BCUT2D eigenvalue weighted by Crippen LogP contribution is -2.46. The Labute approximate surface area is 170 Å². The van der Waals surface area contributed by atoms with Crippen LogP contribution >= 0.6 is 0 Å². The molecule has 1 saturated heterocycles. The first-order valence-electron chi connectivity index (χ1n) is 10.9. The van der Waals surface area contributed by atoms with E-state index in [9.17, 15) is 14.4 Å². The van der Waals surface area contributed by atoms with E-state index in [4.69, 9.17) is 0 Å². The lowest BCUT2D eigenvalue weighted by atomic mass is 9.97. The smallest absolute Gasteiger partial charge is 0.326 e. The molecular weight excluding hydrogens is 368 g/mol. The van der Waals surface area contributed by atoms with Gasteiger partial charge in [0, 0.05) is 37.2 Å². The van der Waals surface area contributed by atoms with Gasteiger partial charge in [0.05, 0.1) is 11.0 Å². The van der Waals surface area contributed by atoms with Gasteiger partial charge in [-0.05, 0) is 57.2 Å². The number of rotatable bonds is 5. The summed E-state index contributed by atoms with van der Waals surface area (Å²) in [5.74, 6) is -0.0685. The molecule has 0 radical (unpaired) electrons. The largest absolute Gasteiger partial charge is 0.356 e. The second-order valence-electron chi connectivity index (χ2n) is 8.28. The lowest BCUT2D eigenvalue weighted by molar-refractivity contribution is -0.122. The molecule has 29 heavy (non-hydrogen) atoms. The van der Waals surface area contributed by atoms with Crippen LogP contribution in [0.1, 0.15) is 74.7 Å². The fourth-order valence-electron chi connectivity index (χ4n) is 4.92. The van der Waals surface area contributed by atoms with Crippen molar-refractivity contribution in [1.29, 1.82) is 0 Å². The predicted molar refractivity (Wildman–Crippen MR) is 112 cm³/mol. The number of piperidine rings is 1. The number of nitrogens with one attached hydrogen (secondary N) is 2. The van der Waals surface area contributed by atoms with Crippen molar-refractivity contribution in [3.05, 3.63) is 34.2 Å². The van der Waals surface area contributed by atoms with Crippen molar-refractivity contribution in [2.75, 3.05) is 13.1 Å². The number of hydrogen-bond acceptors (Lipinski definition) is 3. The lowest BCUT2D eigenvalue weighted by Gasteiger charge is -2.35. The summed E-state index contributed by atoms with van der Waals surface area (Å²) in [6.07, 6.45) is 7.55. The Morgan fingerprint density at radius 2 is 1.90 bits per heavy atom. The zero-order valence-electron chi connectivity index (χ0n) is 17.1. The van der Waals surface area contributed by atoms with E-state index in [1.165, 1.54) is 0 Å². The number of nitrogens with zero attached hydrogens (tertiary/aromatic N) is 2. The van der Waals surface area contributed by atoms with E-state index >= 15 is 0 Å². The van der Waals surface area contributed by atoms with Crippen LogP contribution in [-0.2, 0) is 4.79 Å². The maximum atomic E-state index is 13.2. The van der Waals surface area contributed by atoms with Gasteiger partial charge < -0.3 is 15.2 Å². The number of benzene rings is 1. The molecule has 1 aliphatic heterocycles. The van der Waals surface area contributed by atoms with Gasteiger partial charge in [-0.25, -0.2) is 4.79 Å². The molecule has 1 saturated carbocycles. The van der Waals surface area contributed by atoms with Crippen LogP contribution < -0.4 is 11.0 Å². The van der Waals surface area contributed by atoms with Crippen LogP contribution in [0.3, 0.4) is 0 Å². The molecule has 0 spiro atoms. The minimum atomic E-state index is -0.0939. The van der Waals surface area contributed by atoms with Crippen LogP contribution in [0, 0.1) is 0 Å². The molecule has 4 rings (SSSR count). The highest BCUT2D eigenvalue weighted by Gasteiger charge is 2.29. The number of imidazole rings is 1. The van der Waals surface area contributed by atoms with Gasteiger partial charge in [-0.15, -0.1) is 0 Å². The number of hydrogen-bond donors (Lipinski definition) is 2.